The summed E-state index contributed by atoms with van der Waals surface area (Å²) in [7, 11) is 0. The lowest BCUT2D eigenvalue weighted by Gasteiger charge is -2.20. The Kier molecular flexibility index (Phi) is 3.58. The molecule has 1 unspecified atom stereocenters. The SMILES string of the molecule is O=C(O)C1CNCCN(Cc2ccco2)C1. The first-order chi connectivity index (χ1) is 7.75. The van der Waals surface area contributed by atoms with Crippen molar-refractivity contribution in [2.45, 2.75) is 6.54 Å². The molecule has 1 aromatic heterocycles. The molecule has 2 N–H and O–H groups in total. The van der Waals surface area contributed by atoms with Gasteiger partial charge in [0.05, 0.1) is 18.7 Å². The number of carbonyl (C=O) groups is 1. The maximum Gasteiger partial charge on any atom is 0.309 e. The lowest BCUT2D eigenvalue weighted by atomic mass is 10.1. The van der Waals surface area contributed by atoms with E-state index >= 15 is 0 Å². The van der Waals surface area contributed by atoms with Crippen molar-refractivity contribution < 1.29 is 14.3 Å². The van der Waals surface area contributed by atoms with Gasteiger partial charge in [-0.1, -0.05) is 0 Å². The fraction of sp³-hybridized carbons (Fsp3) is 0.545. The summed E-state index contributed by atoms with van der Waals surface area (Å²) in [5.41, 5.74) is 0. The lowest BCUT2D eigenvalue weighted by molar-refractivity contribution is -0.142. The Balaban J connectivity index is 1.95. The second-order valence-corrected chi connectivity index (χ2v) is 4.05. The Labute approximate surface area is 94.0 Å². The van der Waals surface area contributed by atoms with Crippen LogP contribution in [0.4, 0.5) is 0 Å². The molecule has 1 aliphatic heterocycles. The molecule has 88 valence electrons. The molecule has 0 aromatic carbocycles. The van der Waals surface area contributed by atoms with Crippen LogP contribution in [0.3, 0.4) is 0 Å². The van der Waals surface area contributed by atoms with Gasteiger partial charge in [-0.15, -0.1) is 0 Å². The van der Waals surface area contributed by atoms with Gasteiger partial charge in [0.2, 0.25) is 0 Å². The molecule has 16 heavy (non-hydrogen) atoms. The summed E-state index contributed by atoms with van der Waals surface area (Å²) in [6.45, 7) is 3.47. The fourth-order valence-electron chi connectivity index (χ4n) is 1.91. The molecule has 0 bridgehead atoms. The number of hydrogen-bond donors (Lipinski definition) is 2. The van der Waals surface area contributed by atoms with E-state index in [9.17, 15) is 4.79 Å². The van der Waals surface area contributed by atoms with Crippen LogP contribution >= 0.6 is 0 Å². The average Bonchev–Trinajstić information content (AvgIpc) is 2.62. The van der Waals surface area contributed by atoms with Gasteiger partial charge in [-0.2, -0.15) is 0 Å². The number of carboxylic acids is 1. The van der Waals surface area contributed by atoms with E-state index < -0.39 is 5.97 Å². The molecule has 1 atom stereocenters. The molecule has 0 amide bonds. The zero-order valence-electron chi connectivity index (χ0n) is 9.06. The summed E-state index contributed by atoms with van der Waals surface area (Å²) in [6.07, 6.45) is 1.64. The molecule has 0 radical (unpaired) electrons. The third-order valence-corrected chi connectivity index (χ3v) is 2.78. The summed E-state index contributed by atoms with van der Waals surface area (Å²) >= 11 is 0. The molecular formula is C11H16N2O3. The van der Waals surface area contributed by atoms with E-state index in [1.54, 1.807) is 6.26 Å². The Morgan fingerprint density at radius 3 is 3.25 bits per heavy atom. The number of furan rings is 1. The smallest absolute Gasteiger partial charge is 0.309 e. The minimum absolute atomic E-state index is 0.336. The molecule has 1 saturated heterocycles. The van der Waals surface area contributed by atoms with E-state index in [1.807, 2.05) is 12.1 Å². The van der Waals surface area contributed by atoms with Crippen molar-refractivity contribution in [1.82, 2.24) is 10.2 Å². The van der Waals surface area contributed by atoms with Gasteiger partial charge in [-0.3, -0.25) is 9.69 Å². The third kappa shape index (κ3) is 2.84. The van der Waals surface area contributed by atoms with Crippen LogP contribution in [-0.2, 0) is 11.3 Å². The molecule has 2 heterocycles. The van der Waals surface area contributed by atoms with E-state index in [2.05, 4.69) is 10.2 Å². The van der Waals surface area contributed by atoms with Crippen LogP contribution in [-0.4, -0.2) is 42.2 Å². The molecule has 0 saturated carbocycles. The Bertz CT molecular complexity index is 337. The van der Waals surface area contributed by atoms with Crippen molar-refractivity contribution in [1.29, 1.82) is 0 Å². The summed E-state index contributed by atoms with van der Waals surface area (Å²) in [5, 5.41) is 12.2. The third-order valence-electron chi connectivity index (χ3n) is 2.78. The van der Waals surface area contributed by atoms with Crippen LogP contribution < -0.4 is 5.32 Å². The van der Waals surface area contributed by atoms with E-state index in [4.69, 9.17) is 9.52 Å². The van der Waals surface area contributed by atoms with Crippen LogP contribution in [0.1, 0.15) is 5.76 Å². The summed E-state index contributed by atoms with van der Waals surface area (Å²) < 4.78 is 5.26. The fourth-order valence-corrected chi connectivity index (χ4v) is 1.91. The second kappa shape index (κ2) is 5.14. The highest BCUT2D eigenvalue weighted by Gasteiger charge is 2.23. The Hall–Kier alpha value is -1.33. The highest BCUT2D eigenvalue weighted by atomic mass is 16.4. The first kappa shape index (κ1) is 11.2. The quantitative estimate of drug-likeness (QED) is 0.777. The van der Waals surface area contributed by atoms with E-state index in [0.29, 0.717) is 19.6 Å². The topological polar surface area (TPSA) is 65.7 Å². The predicted molar refractivity (Wildman–Crippen MR) is 58.0 cm³/mol. The van der Waals surface area contributed by atoms with Gasteiger partial charge >= 0.3 is 5.97 Å². The van der Waals surface area contributed by atoms with Gasteiger partial charge < -0.3 is 14.8 Å². The lowest BCUT2D eigenvalue weighted by Crippen LogP contribution is -2.33. The summed E-state index contributed by atoms with van der Waals surface area (Å²) in [6, 6.07) is 3.76. The summed E-state index contributed by atoms with van der Waals surface area (Å²) in [4.78, 5) is 13.1. The van der Waals surface area contributed by atoms with Crippen LogP contribution in [0.15, 0.2) is 22.8 Å². The summed E-state index contributed by atoms with van der Waals surface area (Å²) in [5.74, 6) is -0.192. The van der Waals surface area contributed by atoms with Gasteiger partial charge in [0.15, 0.2) is 0 Å². The number of carboxylic acid groups (broad SMARTS) is 1. The molecule has 2 rings (SSSR count). The van der Waals surface area contributed by atoms with Crippen molar-refractivity contribution in [2.75, 3.05) is 26.2 Å². The largest absolute Gasteiger partial charge is 0.481 e. The van der Waals surface area contributed by atoms with Gasteiger partial charge in [0, 0.05) is 26.2 Å². The zero-order valence-corrected chi connectivity index (χ0v) is 9.06. The van der Waals surface area contributed by atoms with Gasteiger partial charge in [-0.25, -0.2) is 0 Å². The van der Waals surface area contributed by atoms with Gasteiger partial charge in [-0.05, 0) is 12.1 Å². The van der Waals surface area contributed by atoms with E-state index in [-0.39, 0.29) is 5.92 Å². The molecule has 1 aliphatic rings. The van der Waals surface area contributed by atoms with Crippen molar-refractivity contribution in [3.05, 3.63) is 24.2 Å². The van der Waals surface area contributed by atoms with Crippen LogP contribution in [0.2, 0.25) is 0 Å². The number of hydrogen-bond acceptors (Lipinski definition) is 4. The first-order valence-electron chi connectivity index (χ1n) is 5.44. The molecule has 0 aliphatic carbocycles. The number of rotatable bonds is 3. The molecule has 5 heteroatoms. The molecule has 5 nitrogen and oxygen atoms in total. The normalized spacial score (nSPS) is 22.9. The van der Waals surface area contributed by atoms with Crippen LogP contribution in [0, 0.1) is 5.92 Å². The number of nitrogens with one attached hydrogen (secondary N) is 1. The standard InChI is InChI=1S/C11H16N2O3/c14-11(15)9-6-12-3-4-13(7-9)8-10-2-1-5-16-10/h1-2,5,9,12H,3-4,6-8H2,(H,14,15). The minimum Gasteiger partial charge on any atom is -0.481 e. The van der Waals surface area contributed by atoms with Crippen molar-refractivity contribution in [3.63, 3.8) is 0 Å². The Morgan fingerprint density at radius 1 is 1.69 bits per heavy atom. The molecule has 1 fully saturated rings. The monoisotopic (exact) mass is 224 g/mol. The highest BCUT2D eigenvalue weighted by Crippen LogP contribution is 2.09. The number of nitrogens with zero attached hydrogens (tertiary/aromatic N) is 1. The van der Waals surface area contributed by atoms with Crippen LogP contribution in [0.25, 0.3) is 0 Å². The molecule has 1 aromatic rings. The minimum atomic E-state index is -0.737. The highest BCUT2D eigenvalue weighted by molar-refractivity contribution is 5.70. The van der Waals surface area contributed by atoms with Gasteiger partial charge in [0.1, 0.15) is 5.76 Å². The zero-order chi connectivity index (χ0) is 11.4. The van der Waals surface area contributed by atoms with Crippen molar-refractivity contribution in [2.24, 2.45) is 5.92 Å². The van der Waals surface area contributed by atoms with Gasteiger partial charge in [0.25, 0.3) is 0 Å². The van der Waals surface area contributed by atoms with E-state index in [0.717, 1.165) is 18.8 Å². The number of aliphatic carboxylic acids is 1. The average molecular weight is 224 g/mol. The first-order valence-corrected chi connectivity index (χ1v) is 5.44. The maximum absolute atomic E-state index is 11.0. The Morgan fingerprint density at radius 2 is 2.56 bits per heavy atom. The molecule has 0 spiro atoms. The van der Waals surface area contributed by atoms with E-state index in [1.165, 1.54) is 0 Å². The molecular weight excluding hydrogens is 208 g/mol. The maximum atomic E-state index is 11.0. The predicted octanol–water partition coefficient (Wildman–Crippen LogP) is 0.386. The van der Waals surface area contributed by atoms with Crippen LogP contribution in [0.5, 0.6) is 0 Å². The van der Waals surface area contributed by atoms with Crippen molar-refractivity contribution in [3.8, 4) is 0 Å². The second-order valence-electron chi connectivity index (χ2n) is 4.05. The van der Waals surface area contributed by atoms with Crippen molar-refractivity contribution >= 4 is 5.97 Å².